The molecule has 0 saturated carbocycles. The van der Waals surface area contributed by atoms with Gasteiger partial charge in [0.1, 0.15) is 5.75 Å². The number of ether oxygens (including phenoxy) is 1. The molecule has 1 aromatic rings. The Kier molecular flexibility index (Phi) is 5.16. The molecule has 0 aliphatic carbocycles. The monoisotopic (exact) mass is 263 g/mol. The fourth-order valence-electron chi connectivity index (χ4n) is 2.77. The molecule has 1 saturated heterocycles. The van der Waals surface area contributed by atoms with Gasteiger partial charge in [-0.1, -0.05) is 0 Å². The summed E-state index contributed by atoms with van der Waals surface area (Å²) in [5, 5.41) is 3.28. The second kappa shape index (κ2) is 6.87. The standard InChI is InChI=1S/C15H25N3O/c1-12-8-15(19-3)9-14(17-12)11-18-6-4-13(5-7-18)10-16-2/h8-9,13,16H,4-7,10-11H2,1-3H3. The van der Waals surface area contributed by atoms with E-state index in [0.29, 0.717) is 0 Å². The highest BCUT2D eigenvalue weighted by molar-refractivity contribution is 5.26. The van der Waals surface area contributed by atoms with Gasteiger partial charge >= 0.3 is 0 Å². The maximum absolute atomic E-state index is 5.31. The third kappa shape index (κ3) is 4.18. The number of methoxy groups -OCH3 is 1. The molecule has 0 atom stereocenters. The van der Waals surface area contributed by atoms with E-state index in [1.54, 1.807) is 7.11 Å². The molecule has 1 aliphatic rings. The predicted molar refractivity (Wildman–Crippen MR) is 77.5 cm³/mol. The highest BCUT2D eigenvalue weighted by atomic mass is 16.5. The van der Waals surface area contributed by atoms with Crippen molar-refractivity contribution in [3.05, 3.63) is 23.5 Å². The minimum Gasteiger partial charge on any atom is -0.497 e. The van der Waals surface area contributed by atoms with Crippen LogP contribution in [-0.4, -0.2) is 43.7 Å². The van der Waals surface area contributed by atoms with Gasteiger partial charge in [0.25, 0.3) is 0 Å². The fraction of sp³-hybridized carbons (Fsp3) is 0.667. The van der Waals surface area contributed by atoms with E-state index < -0.39 is 0 Å². The van der Waals surface area contributed by atoms with Gasteiger partial charge in [-0.05, 0) is 52.4 Å². The van der Waals surface area contributed by atoms with E-state index in [1.165, 1.54) is 25.9 Å². The largest absolute Gasteiger partial charge is 0.497 e. The lowest BCUT2D eigenvalue weighted by molar-refractivity contribution is 0.175. The third-order valence-corrected chi connectivity index (χ3v) is 3.80. The Hall–Kier alpha value is -1.13. The highest BCUT2D eigenvalue weighted by Gasteiger charge is 2.19. The lowest BCUT2D eigenvalue weighted by Gasteiger charge is -2.31. The van der Waals surface area contributed by atoms with E-state index in [4.69, 9.17) is 4.74 Å². The average molecular weight is 263 g/mol. The van der Waals surface area contributed by atoms with E-state index in [9.17, 15) is 0 Å². The molecule has 1 fully saturated rings. The average Bonchev–Trinajstić information content (AvgIpc) is 2.40. The second-order valence-electron chi connectivity index (χ2n) is 5.42. The molecule has 4 heteroatoms. The van der Waals surface area contributed by atoms with E-state index in [-0.39, 0.29) is 0 Å². The molecular formula is C15H25N3O. The van der Waals surface area contributed by atoms with Crippen LogP contribution in [0, 0.1) is 12.8 Å². The molecule has 19 heavy (non-hydrogen) atoms. The van der Waals surface area contributed by atoms with Gasteiger partial charge in [-0.15, -0.1) is 0 Å². The first kappa shape index (κ1) is 14.3. The summed E-state index contributed by atoms with van der Waals surface area (Å²) in [5.74, 6) is 1.74. The van der Waals surface area contributed by atoms with Crippen molar-refractivity contribution in [2.75, 3.05) is 33.8 Å². The Balaban J connectivity index is 1.90. The van der Waals surface area contributed by atoms with Gasteiger partial charge in [0.15, 0.2) is 0 Å². The number of likely N-dealkylation sites (tertiary alicyclic amines) is 1. The SMILES string of the molecule is CNCC1CCN(Cc2cc(OC)cc(C)n2)CC1. The van der Waals surface area contributed by atoms with E-state index >= 15 is 0 Å². The smallest absolute Gasteiger partial charge is 0.122 e. The zero-order chi connectivity index (χ0) is 13.7. The van der Waals surface area contributed by atoms with Gasteiger partial charge in [-0.25, -0.2) is 0 Å². The lowest BCUT2D eigenvalue weighted by Crippen LogP contribution is -2.36. The van der Waals surface area contributed by atoms with Crippen LogP contribution in [0.15, 0.2) is 12.1 Å². The topological polar surface area (TPSA) is 37.4 Å². The minimum absolute atomic E-state index is 0.834. The summed E-state index contributed by atoms with van der Waals surface area (Å²) in [5.41, 5.74) is 2.14. The van der Waals surface area contributed by atoms with E-state index in [1.807, 2.05) is 26.1 Å². The van der Waals surface area contributed by atoms with Gasteiger partial charge < -0.3 is 10.1 Å². The van der Waals surface area contributed by atoms with E-state index in [2.05, 4.69) is 15.2 Å². The summed E-state index contributed by atoms with van der Waals surface area (Å²) < 4.78 is 5.31. The molecule has 2 heterocycles. The van der Waals surface area contributed by atoms with Crippen molar-refractivity contribution < 1.29 is 4.74 Å². The molecule has 0 aromatic carbocycles. The molecule has 0 unspecified atom stereocenters. The Morgan fingerprint density at radius 3 is 2.74 bits per heavy atom. The van der Waals surface area contributed by atoms with Crippen LogP contribution in [0.2, 0.25) is 0 Å². The number of rotatable bonds is 5. The summed E-state index contributed by atoms with van der Waals surface area (Å²) in [6, 6.07) is 4.02. The first-order valence-corrected chi connectivity index (χ1v) is 7.09. The Bertz CT molecular complexity index is 400. The van der Waals surface area contributed by atoms with Crippen LogP contribution in [0.1, 0.15) is 24.2 Å². The van der Waals surface area contributed by atoms with Gasteiger partial charge in [0, 0.05) is 24.4 Å². The summed E-state index contributed by atoms with van der Waals surface area (Å²) >= 11 is 0. The van der Waals surface area contributed by atoms with Crippen LogP contribution in [0.25, 0.3) is 0 Å². The van der Waals surface area contributed by atoms with Crippen molar-refractivity contribution >= 4 is 0 Å². The van der Waals surface area contributed by atoms with Crippen LogP contribution in [0.5, 0.6) is 5.75 Å². The molecule has 1 aliphatic heterocycles. The Labute approximate surface area is 116 Å². The first-order valence-electron chi connectivity index (χ1n) is 7.09. The molecule has 106 valence electrons. The number of aryl methyl sites for hydroxylation is 1. The van der Waals surface area contributed by atoms with E-state index in [0.717, 1.165) is 36.1 Å². The molecule has 0 radical (unpaired) electrons. The molecule has 0 spiro atoms. The molecule has 0 bridgehead atoms. The van der Waals surface area contributed by atoms with Crippen LogP contribution in [0.3, 0.4) is 0 Å². The van der Waals surface area contributed by atoms with Crippen molar-refractivity contribution in [2.45, 2.75) is 26.3 Å². The van der Waals surface area contributed by atoms with Crippen molar-refractivity contribution in [1.29, 1.82) is 0 Å². The maximum atomic E-state index is 5.31. The van der Waals surface area contributed by atoms with Crippen molar-refractivity contribution in [3.63, 3.8) is 0 Å². The quantitative estimate of drug-likeness (QED) is 0.879. The maximum Gasteiger partial charge on any atom is 0.122 e. The Morgan fingerprint density at radius 1 is 1.37 bits per heavy atom. The normalized spacial score (nSPS) is 17.6. The van der Waals surface area contributed by atoms with Gasteiger partial charge in [-0.2, -0.15) is 0 Å². The number of piperidine rings is 1. The summed E-state index contributed by atoms with van der Waals surface area (Å²) in [7, 11) is 3.75. The molecule has 1 N–H and O–H groups in total. The molecular weight excluding hydrogens is 238 g/mol. The lowest BCUT2D eigenvalue weighted by atomic mass is 9.97. The van der Waals surface area contributed by atoms with Gasteiger partial charge in [0.2, 0.25) is 0 Å². The molecule has 1 aromatic heterocycles. The molecule has 0 amide bonds. The zero-order valence-corrected chi connectivity index (χ0v) is 12.3. The van der Waals surface area contributed by atoms with Crippen LogP contribution in [0.4, 0.5) is 0 Å². The van der Waals surface area contributed by atoms with Gasteiger partial charge in [-0.3, -0.25) is 9.88 Å². The zero-order valence-electron chi connectivity index (χ0n) is 12.3. The summed E-state index contributed by atoms with van der Waals surface area (Å²) in [6.07, 6.45) is 2.56. The van der Waals surface area contributed by atoms with Crippen molar-refractivity contribution in [1.82, 2.24) is 15.2 Å². The highest BCUT2D eigenvalue weighted by Crippen LogP contribution is 2.20. The number of pyridine rings is 1. The van der Waals surface area contributed by atoms with Gasteiger partial charge in [0.05, 0.1) is 12.8 Å². The number of aromatic nitrogens is 1. The third-order valence-electron chi connectivity index (χ3n) is 3.80. The second-order valence-corrected chi connectivity index (χ2v) is 5.42. The summed E-state index contributed by atoms with van der Waals surface area (Å²) in [6.45, 7) is 6.44. The number of nitrogens with zero attached hydrogens (tertiary/aromatic N) is 2. The molecule has 4 nitrogen and oxygen atoms in total. The number of hydrogen-bond donors (Lipinski definition) is 1. The van der Waals surface area contributed by atoms with Crippen LogP contribution >= 0.6 is 0 Å². The van der Waals surface area contributed by atoms with Crippen LogP contribution < -0.4 is 10.1 Å². The minimum atomic E-state index is 0.834. The molecule has 2 rings (SSSR count). The van der Waals surface area contributed by atoms with Crippen molar-refractivity contribution in [3.8, 4) is 5.75 Å². The number of hydrogen-bond acceptors (Lipinski definition) is 4. The number of nitrogens with one attached hydrogen (secondary N) is 1. The van der Waals surface area contributed by atoms with Crippen molar-refractivity contribution in [2.24, 2.45) is 5.92 Å². The summed E-state index contributed by atoms with van der Waals surface area (Å²) in [4.78, 5) is 7.09. The first-order chi connectivity index (χ1) is 9.21. The fourth-order valence-corrected chi connectivity index (χ4v) is 2.77. The van der Waals surface area contributed by atoms with Crippen LogP contribution in [-0.2, 0) is 6.54 Å². The Morgan fingerprint density at radius 2 is 2.11 bits per heavy atom. The predicted octanol–water partition coefficient (Wildman–Crippen LogP) is 1.83.